The Morgan fingerprint density at radius 1 is 1.00 bits per heavy atom. The minimum atomic E-state index is -0.251. The molecule has 3 rings (SSSR count). The molecule has 6 N–H and O–H groups in total. The SMILES string of the molecule is CNc1ccc(C(=O)Nc2cc(-c3cccs3)ccc2N)cc1N. The Morgan fingerprint density at radius 3 is 2.50 bits per heavy atom. The fraction of sp³-hybridized carbons (Fsp3) is 0.0556. The van der Waals surface area contributed by atoms with Gasteiger partial charge in [0.05, 0.1) is 22.7 Å². The zero-order valence-corrected chi connectivity index (χ0v) is 14.0. The van der Waals surface area contributed by atoms with E-state index in [9.17, 15) is 4.79 Å². The van der Waals surface area contributed by atoms with Crippen molar-refractivity contribution >= 4 is 40.0 Å². The van der Waals surface area contributed by atoms with Crippen LogP contribution >= 0.6 is 11.3 Å². The molecule has 2 aromatic carbocycles. The third kappa shape index (κ3) is 3.18. The van der Waals surface area contributed by atoms with Crippen molar-refractivity contribution in [2.75, 3.05) is 29.1 Å². The normalized spacial score (nSPS) is 10.4. The summed E-state index contributed by atoms with van der Waals surface area (Å²) < 4.78 is 0. The number of thiophene rings is 1. The smallest absolute Gasteiger partial charge is 0.255 e. The molecule has 0 atom stereocenters. The predicted molar refractivity (Wildman–Crippen MR) is 103 cm³/mol. The number of rotatable bonds is 4. The molecule has 0 fully saturated rings. The molecular formula is C18H18N4OS. The first kappa shape index (κ1) is 15.9. The zero-order valence-electron chi connectivity index (χ0n) is 13.2. The van der Waals surface area contributed by atoms with Crippen molar-refractivity contribution in [2.24, 2.45) is 0 Å². The molecule has 0 bridgehead atoms. The predicted octanol–water partition coefficient (Wildman–Crippen LogP) is 3.87. The van der Waals surface area contributed by atoms with Crippen LogP contribution in [0.5, 0.6) is 0 Å². The standard InChI is InChI=1S/C18H18N4OS/c1-21-15-7-5-12(9-14(15)20)18(23)22-16-10-11(4-6-13(16)19)17-3-2-8-24-17/h2-10,21H,19-20H2,1H3,(H,22,23). The van der Waals surface area contributed by atoms with Gasteiger partial charge in [0.15, 0.2) is 0 Å². The van der Waals surface area contributed by atoms with E-state index in [4.69, 9.17) is 11.5 Å². The van der Waals surface area contributed by atoms with Gasteiger partial charge in [-0.3, -0.25) is 4.79 Å². The average molecular weight is 338 g/mol. The summed E-state index contributed by atoms with van der Waals surface area (Å²) in [5.41, 5.74) is 15.8. The van der Waals surface area contributed by atoms with Gasteiger partial charge in [-0.1, -0.05) is 12.1 Å². The molecule has 1 aromatic heterocycles. The van der Waals surface area contributed by atoms with Gasteiger partial charge in [-0.05, 0) is 47.3 Å². The maximum atomic E-state index is 12.5. The molecule has 122 valence electrons. The lowest BCUT2D eigenvalue weighted by Gasteiger charge is -2.11. The molecule has 24 heavy (non-hydrogen) atoms. The molecule has 3 aromatic rings. The molecule has 0 unspecified atom stereocenters. The van der Waals surface area contributed by atoms with E-state index in [1.807, 2.05) is 29.6 Å². The number of benzene rings is 2. The number of hydrogen-bond donors (Lipinski definition) is 4. The van der Waals surface area contributed by atoms with Gasteiger partial charge in [-0.2, -0.15) is 0 Å². The highest BCUT2D eigenvalue weighted by Gasteiger charge is 2.11. The topological polar surface area (TPSA) is 93.2 Å². The van der Waals surface area contributed by atoms with Crippen molar-refractivity contribution in [3.8, 4) is 10.4 Å². The molecule has 5 nitrogen and oxygen atoms in total. The van der Waals surface area contributed by atoms with E-state index in [1.54, 1.807) is 42.6 Å². The van der Waals surface area contributed by atoms with Gasteiger partial charge in [0, 0.05) is 17.5 Å². The zero-order chi connectivity index (χ0) is 17.1. The van der Waals surface area contributed by atoms with E-state index >= 15 is 0 Å². The third-order valence-corrected chi connectivity index (χ3v) is 4.61. The van der Waals surface area contributed by atoms with E-state index in [2.05, 4.69) is 10.6 Å². The van der Waals surface area contributed by atoms with Gasteiger partial charge < -0.3 is 22.1 Å². The molecular weight excluding hydrogens is 320 g/mol. The van der Waals surface area contributed by atoms with Crippen LogP contribution < -0.4 is 22.1 Å². The second-order valence-electron chi connectivity index (χ2n) is 5.29. The van der Waals surface area contributed by atoms with Crippen molar-refractivity contribution in [2.45, 2.75) is 0 Å². The average Bonchev–Trinajstić information content (AvgIpc) is 3.11. The van der Waals surface area contributed by atoms with Crippen LogP contribution in [0.25, 0.3) is 10.4 Å². The van der Waals surface area contributed by atoms with Crippen LogP contribution in [-0.4, -0.2) is 13.0 Å². The van der Waals surface area contributed by atoms with E-state index in [1.165, 1.54) is 0 Å². The Balaban J connectivity index is 1.86. The number of amides is 1. The van der Waals surface area contributed by atoms with Crippen LogP contribution in [0.2, 0.25) is 0 Å². The molecule has 1 amide bonds. The summed E-state index contributed by atoms with van der Waals surface area (Å²) in [5.74, 6) is -0.251. The monoisotopic (exact) mass is 338 g/mol. The van der Waals surface area contributed by atoms with Gasteiger partial charge >= 0.3 is 0 Å². The number of carbonyl (C=O) groups is 1. The Bertz CT molecular complexity index is 875. The highest BCUT2D eigenvalue weighted by molar-refractivity contribution is 7.13. The lowest BCUT2D eigenvalue weighted by Crippen LogP contribution is -2.14. The van der Waals surface area contributed by atoms with E-state index in [0.717, 1.165) is 16.1 Å². The number of nitrogens with two attached hydrogens (primary N) is 2. The van der Waals surface area contributed by atoms with Crippen molar-refractivity contribution in [3.63, 3.8) is 0 Å². The molecule has 0 spiro atoms. The number of nitrogens with one attached hydrogen (secondary N) is 2. The van der Waals surface area contributed by atoms with Crippen molar-refractivity contribution in [1.82, 2.24) is 0 Å². The van der Waals surface area contributed by atoms with Crippen LogP contribution in [0.3, 0.4) is 0 Å². The first-order chi connectivity index (χ1) is 11.6. The van der Waals surface area contributed by atoms with Gasteiger partial charge in [-0.25, -0.2) is 0 Å². The Hall–Kier alpha value is -2.99. The van der Waals surface area contributed by atoms with E-state index < -0.39 is 0 Å². The molecule has 0 aliphatic heterocycles. The minimum Gasteiger partial charge on any atom is -0.397 e. The Morgan fingerprint density at radius 2 is 1.83 bits per heavy atom. The largest absolute Gasteiger partial charge is 0.397 e. The Labute approximate surface area is 144 Å². The fourth-order valence-corrected chi connectivity index (χ4v) is 3.11. The quantitative estimate of drug-likeness (QED) is 0.543. The molecule has 0 saturated carbocycles. The highest BCUT2D eigenvalue weighted by Crippen LogP contribution is 2.30. The van der Waals surface area contributed by atoms with Gasteiger partial charge in [0.1, 0.15) is 0 Å². The lowest BCUT2D eigenvalue weighted by atomic mass is 10.1. The number of hydrogen-bond acceptors (Lipinski definition) is 5. The number of nitrogen functional groups attached to an aromatic ring is 2. The minimum absolute atomic E-state index is 0.251. The second-order valence-corrected chi connectivity index (χ2v) is 6.23. The summed E-state index contributed by atoms with van der Waals surface area (Å²) in [5, 5.41) is 7.84. The van der Waals surface area contributed by atoms with Crippen LogP contribution in [0.4, 0.5) is 22.7 Å². The maximum absolute atomic E-state index is 12.5. The first-order valence-corrected chi connectivity index (χ1v) is 8.28. The molecule has 0 aliphatic rings. The number of anilines is 4. The molecule has 6 heteroatoms. The van der Waals surface area contributed by atoms with Gasteiger partial charge in [0.25, 0.3) is 5.91 Å². The van der Waals surface area contributed by atoms with E-state index in [-0.39, 0.29) is 5.91 Å². The Kier molecular flexibility index (Phi) is 4.39. The summed E-state index contributed by atoms with van der Waals surface area (Å²) in [6, 6.07) is 14.8. The molecule has 1 heterocycles. The molecule has 0 radical (unpaired) electrons. The second kappa shape index (κ2) is 6.64. The first-order valence-electron chi connectivity index (χ1n) is 7.40. The molecule has 0 saturated heterocycles. The summed E-state index contributed by atoms with van der Waals surface area (Å²) in [6.45, 7) is 0. The summed E-state index contributed by atoms with van der Waals surface area (Å²) in [7, 11) is 1.78. The van der Waals surface area contributed by atoms with Crippen LogP contribution in [0, 0.1) is 0 Å². The van der Waals surface area contributed by atoms with Crippen molar-refractivity contribution in [1.29, 1.82) is 0 Å². The van der Waals surface area contributed by atoms with Crippen LogP contribution in [-0.2, 0) is 0 Å². The van der Waals surface area contributed by atoms with Crippen molar-refractivity contribution in [3.05, 3.63) is 59.5 Å². The van der Waals surface area contributed by atoms with Gasteiger partial charge in [0.2, 0.25) is 0 Å². The number of carbonyl (C=O) groups excluding carboxylic acids is 1. The van der Waals surface area contributed by atoms with Crippen LogP contribution in [0.1, 0.15) is 10.4 Å². The summed E-state index contributed by atoms with van der Waals surface area (Å²) in [4.78, 5) is 13.6. The highest BCUT2D eigenvalue weighted by atomic mass is 32.1. The fourth-order valence-electron chi connectivity index (χ4n) is 2.39. The van der Waals surface area contributed by atoms with Crippen LogP contribution in [0.15, 0.2) is 53.9 Å². The third-order valence-electron chi connectivity index (χ3n) is 3.69. The molecule has 0 aliphatic carbocycles. The lowest BCUT2D eigenvalue weighted by molar-refractivity contribution is 0.102. The maximum Gasteiger partial charge on any atom is 0.255 e. The van der Waals surface area contributed by atoms with E-state index in [0.29, 0.717) is 22.6 Å². The summed E-state index contributed by atoms with van der Waals surface area (Å²) >= 11 is 1.63. The summed E-state index contributed by atoms with van der Waals surface area (Å²) in [6.07, 6.45) is 0. The van der Waals surface area contributed by atoms with Gasteiger partial charge in [-0.15, -0.1) is 11.3 Å². The van der Waals surface area contributed by atoms with Crippen molar-refractivity contribution < 1.29 is 4.79 Å².